The third-order valence-corrected chi connectivity index (χ3v) is 5.72. The Morgan fingerprint density at radius 2 is 1.97 bits per heavy atom. The highest BCUT2D eigenvalue weighted by Gasteiger charge is 2.28. The van der Waals surface area contributed by atoms with E-state index >= 15 is 0 Å². The molecule has 1 aromatic carbocycles. The molecule has 8 heteroatoms. The van der Waals surface area contributed by atoms with Gasteiger partial charge in [-0.15, -0.1) is 11.3 Å². The van der Waals surface area contributed by atoms with Gasteiger partial charge in [-0.1, -0.05) is 12.1 Å². The van der Waals surface area contributed by atoms with Crippen LogP contribution in [0.15, 0.2) is 58.5 Å². The van der Waals surface area contributed by atoms with E-state index in [1.54, 1.807) is 29.5 Å². The molecule has 0 bridgehead atoms. The molecule has 0 radical (unpaired) electrons. The topological polar surface area (TPSA) is 82.4 Å². The van der Waals surface area contributed by atoms with Gasteiger partial charge in [0.2, 0.25) is 5.76 Å². The van der Waals surface area contributed by atoms with Crippen LogP contribution in [0.5, 0.6) is 0 Å². The SMILES string of the molecule is CNc1cc(NC)c2c(NC)c(C(=O)N(Cc3cccs3)c3ccccn3)oc2c1. The van der Waals surface area contributed by atoms with Crippen molar-refractivity contribution in [3.8, 4) is 0 Å². The van der Waals surface area contributed by atoms with E-state index in [-0.39, 0.29) is 11.7 Å². The van der Waals surface area contributed by atoms with Crippen LogP contribution in [-0.2, 0) is 6.54 Å². The summed E-state index contributed by atoms with van der Waals surface area (Å²) >= 11 is 1.60. The number of benzene rings is 1. The van der Waals surface area contributed by atoms with Crippen molar-refractivity contribution in [3.63, 3.8) is 0 Å². The highest BCUT2D eigenvalue weighted by Crippen LogP contribution is 2.39. The van der Waals surface area contributed by atoms with E-state index in [9.17, 15) is 4.79 Å². The van der Waals surface area contributed by atoms with Crippen molar-refractivity contribution < 1.29 is 9.21 Å². The van der Waals surface area contributed by atoms with Gasteiger partial charge >= 0.3 is 0 Å². The Labute approximate surface area is 178 Å². The summed E-state index contributed by atoms with van der Waals surface area (Å²) in [4.78, 5) is 20.8. The summed E-state index contributed by atoms with van der Waals surface area (Å²) in [6, 6.07) is 13.4. The van der Waals surface area contributed by atoms with Crippen molar-refractivity contribution in [1.82, 2.24) is 4.98 Å². The number of anilines is 4. The molecule has 0 aliphatic heterocycles. The minimum atomic E-state index is -0.254. The molecule has 0 fully saturated rings. The van der Waals surface area contributed by atoms with Crippen LogP contribution in [0.1, 0.15) is 15.4 Å². The molecule has 1 amide bonds. The summed E-state index contributed by atoms with van der Waals surface area (Å²) in [6.45, 7) is 0.411. The van der Waals surface area contributed by atoms with Gasteiger partial charge in [0.25, 0.3) is 5.91 Å². The van der Waals surface area contributed by atoms with Crippen LogP contribution >= 0.6 is 11.3 Å². The lowest BCUT2D eigenvalue weighted by atomic mass is 10.1. The number of carbonyl (C=O) groups excluding carboxylic acids is 1. The molecule has 0 aliphatic carbocycles. The van der Waals surface area contributed by atoms with Crippen LogP contribution in [0.3, 0.4) is 0 Å². The fourth-order valence-electron chi connectivity index (χ4n) is 3.41. The van der Waals surface area contributed by atoms with Gasteiger partial charge in [-0.3, -0.25) is 9.69 Å². The fourth-order valence-corrected chi connectivity index (χ4v) is 4.10. The van der Waals surface area contributed by atoms with Crippen LogP contribution < -0.4 is 20.9 Å². The monoisotopic (exact) mass is 421 g/mol. The molecule has 4 aromatic rings. The van der Waals surface area contributed by atoms with E-state index in [4.69, 9.17) is 4.42 Å². The van der Waals surface area contributed by atoms with Gasteiger partial charge in [-0.2, -0.15) is 0 Å². The molecule has 3 aromatic heterocycles. The first-order chi connectivity index (χ1) is 14.7. The molecule has 154 valence electrons. The van der Waals surface area contributed by atoms with E-state index in [0.29, 0.717) is 23.6 Å². The zero-order valence-electron chi connectivity index (χ0n) is 17.0. The maximum absolute atomic E-state index is 13.7. The number of rotatable bonds is 7. The van der Waals surface area contributed by atoms with Crippen molar-refractivity contribution in [2.75, 3.05) is 42.0 Å². The Kier molecular flexibility index (Phi) is 5.58. The van der Waals surface area contributed by atoms with E-state index in [0.717, 1.165) is 21.6 Å². The molecule has 0 unspecified atom stereocenters. The van der Waals surface area contributed by atoms with Gasteiger partial charge in [0, 0.05) is 49.7 Å². The predicted molar refractivity (Wildman–Crippen MR) is 124 cm³/mol. The molecule has 0 atom stereocenters. The van der Waals surface area contributed by atoms with Crippen molar-refractivity contribution >= 4 is 51.1 Å². The summed E-state index contributed by atoms with van der Waals surface area (Å²) in [6.07, 6.45) is 1.68. The van der Waals surface area contributed by atoms with E-state index in [1.807, 2.05) is 61.9 Å². The standard InChI is InChI=1S/C22H23N5O2S/c1-23-14-11-16(24-2)19-17(12-14)29-21(20(19)25-3)22(28)27(13-15-7-6-10-30-15)18-8-4-5-9-26-18/h4-12,23-25H,13H2,1-3H3. The average Bonchev–Trinajstić information content (AvgIpc) is 3.44. The minimum absolute atomic E-state index is 0.250. The van der Waals surface area contributed by atoms with Crippen molar-refractivity contribution in [1.29, 1.82) is 0 Å². The number of hydrogen-bond acceptors (Lipinski definition) is 7. The molecular formula is C22H23N5O2S. The van der Waals surface area contributed by atoms with E-state index in [1.165, 1.54) is 0 Å². The van der Waals surface area contributed by atoms with Gasteiger partial charge in [-0.25, -0.2) is 4.98 Å². The Morgan fingerprint density at radius 3 is 2.60 bits per heavy atom. The van der Waals surface area contributed by atoms with Crippen molar-refractivity contribution in [2.45, 2.75) is 6.54 Å². The molecule has 0 spiro atoms. The summed E-state index contributed by atoms with van der Waals surface area (Å²) in [5.74, 6) is 0.568. The highest BCUT2D eigenvalue weighted by molar-refractivity contribution is 7.09. The number of thiophene rings is 1. The van der Waals surface area contributed by atoms with Crippen LogP contribution in [0.25, 0.3) is 11.0 Å². The van der Waals surface area contributed by atoms with Crippen LogP contribution in [0.2, 0.25) is 0 Å². The van der Waals surface area contributed by atoms with Crippen LogP contribution in [-0.4, -0.2) is 32.0 Å². The molecular weight excluding hydrogens is 398 g/mol. The summed E-state index contributed by atoms with van der Waals surface area (Å²) in [5.41, 5.74) is 3.03. The molecule has 0 saturated heterocycles. The zero-order chi connectivity index (χ0) is 21.1. The van der Waals surface area contributed by atoms with Gasteiger partial charge in [0.05, 0.1) is 17.6 Å². The second-order valence-electron chi connectivity index (χ2n) is 6.61. The average molecular weight is 422 g/mol. The number of nitrogens with one attached hydrogen (secondary N) is 3. The molecule has 7 nitrogen and oxygen atoms in total. The number of pyridine rings is 1. The first-order valence-corrected chi connectivity index (χ1v) is 10.4. The van der Waals surface area contributed by atoms with Gasteiger partial charge in [0.1, 0.15) is 11.4 Å². The number of nitrogens with zero attached hydrogens (tertiary/aromatic N) is 2. The zero-order valence-corrected chi connectivity index (χ0v) is 17.8. The second-order valence-corrected chi connectivity index (χ2v) is 7.64. The number of carbonyl (C=O) groups is 1. The molecule has 0 saturated carbocycles. The van der Waals surface area contributed by atoms with Gasteiger partial charge in [-0.05, 0) is 29.6 Å². The highest BCUT2D eigenvalue weighted by atomic mass is 32.1. The molecule has 3 heterocycles. The third-order valence-electron chi connectivity index (χ3n) is 4.86. The van der Waals surface area contributed by atoms with Crippen LogP contribution in [0, 0.1) is 0 Å². The lowest BCUT2D eigenvalue weighted by Gasteiger charge is -2.20. The maximum atomic E-state index is 13.7. The number of furan rings is 1. The number of aromatic nitrogens is 1. The van der Waals surface area contributed by atoms with Gasteiger partial charge in [0.15, 0.2) is 0 Å². The summed E-state index contributed by atoms with van der Waals surface area (Å²) in [7, 11) is 5.48. The number of hydrogen-bond donors (Lipinski definition) is 3. The largest absolute Gasteiger partial charge is 0.448 e. The second kappa shape index (κ2) is 8.46. The van der Waals surface area contributed by atoms with Crippen molar-refractivity contribution in [2.24, 2.45) is 0 Å². The lowest BCUT2D eigenvalue weighted by molar-refractivity contribution is 0.0961. The first kappa shape index (κ1) is 19.8. The Balaban J connectivity index is 1.85. The summed E-state index contributed by atoms with van der Waals surface area (Å²) in [5, 5.41) is 12.3. The Hall–Kier alpha value is -3.52. The van der Waals surface area contributed by atoms with Crippen molar-refractivity contribution in [3.05, 3.63) is 64.7 Å². The Bertz CT molecular complexity index is 1160. The van der Waals surface area contributed by atoms with E-state index in [2.05, 4.69) is 20.9 Å². The fraction of sp³-hybridized carbons (Fsp3) is 0.182. The molecule has 0 aliphatic rings. The number of fused-ring (bicyclic) bond motifs is 1. The normalized spacial score (nSPS) is 10.8. The van der Waals surface area contributed by atoms with Gasteiger partial charge < -0.3 is 20.4 Å². The summed E-state index contributed by atoms with van der Waals surface area (Å²) < 4.78 is 6.10. The quantitative estimate of drug-likeness (QED) is 0.395. The smallest absolute Gasteiger partial charge is 0.297 e. The lowest BCUT2D eigenvalue weighted by Crippen LogP contribution is -2.31. The molecule has 3 N–H and O–H groups in total. The predicted octanol–water partition coefficient (Wildman–Crippen LogP) is 4.86. The van der Waals surface area contributed by atoms with Crippen LogP contribution in [0.4, 0.5) is 22.9 Å². The van der Waals surface area contributed by atoms with E-state index < -0.39 is 0 Å². The minimum Gasteiger partial charge on any atom is -0.448 e. The Morgan fingerprint density at radius 1 is 1.10 bits per heavy atom. The third kappa shape index (κ3) is 3.57. The maximum Gasteiger partial charge on any atom is 0.297 e. The first-order valence-electron chi connectivity index (χ1n) is 9.55. The molecule has 4 rings (SSSR count). The number of amides is 1. The molecule has 30 heavy (non-hydrogen) atoms.